The third-order valence-corrected chi connectivity index (χ3v) is 4.53. The Morgan fingerprint density at radius 3 is 2.68 bits per heavy atom. The first-order chi connectivity index (χ1) is 14.9. The van der Waals surface area contributed by atoms with E-state index in [0.29, 0.717) is 24.4 Å². The molecular weight excluding hydrogens is 413 g/mol. The van der Waals surface area contributed by atoms with E-state index in [1.54, 1.807) is 66.5 Å². The molecule has 31 heavy (non-hydrogen) atoms. The molecule has 2 aromatic heterocycles. The molecule has 10 heteroatoms. The van der Waals surface area contributed by atoms with E-state index in [-0.39, 0.29) is 5.89 Å². The summed E-state index contributed by atoms with van der Waals surface area (Å²) in [6, 6.07) is 13.0. The van der Waals surface area contributed by atoms with Gasteiger partial charge in [-0.1, -0.05) is 18.2 Å². The molecule has 1 amide bonds. The number of rotatable bonds is 6. The molecule has 0 atom stereocenters. The maximum absolute atomic E-state index is 13.5. The minimum atomic E-state index is -4.88. The topological polar surface area (TPSA) is 82.2 Å². The van der Waals surface area contributed by atoms with Crippen molar-refractivity contribution < 1.29 is 27.1 Å². The number of ether oxygens (including phenoxy) is 1. The molecule has 0 aliphatic rings. The van der Waals surface area contributed by atoms with Gasteiger partial charge in [-0.3, -0.25) is 9.48 Å². The number of carbonyl (C=O) groups excluding carboxylic acids is 1. The molecule has 0 aliphatic carbocycles. The summed E-state index contributed by atoms with van der Waals surface area (Å²) in [6.45, 7) is 1.02. The molecule has 1 N–H and O–H groups in total. The van der Waals surface area contributed by atoms with Gasteiger partial charge in [-0.2, -0.15) is 18.3 Å². The monoisotopic (exact) mass is 430 g/mol. The first-order valence-electron chi connectivity index (χ1n) is 9.26. The summed E-state index contributed by atoms with van der Waals surface area (Å²) >= 11 is 0. The van der Waals surface area contributed by atoms with E-state index >= 15 is 0 Å². The molecule has 0 bridgehead atoms. The number of nitrogens with zero attached hydrogens (tertiary/aromatic N) is 3. The second-order valence-corrected chi connectivity index (χ2v) is 6.65. The zero-order valence-electron chi connectivity index (χ0n) is 16.3. The number of aromatic nitrogens is 3. The minimum Gasteiger partial charge on any atom is -0.431 e. The second-order valence-electron chi connectivity index (χ2n) is 6.65. The van der Waals surface area contributed by atoms with Crippen LogP contribution in [-0.2, 0) is 17.5 Å². The number of oxazole rings is 1. The molecule has 2 aromatic carbocycles. The number of halogens is 3. The maximum atomic E-state index is 13.5. The minimum absolute atomic E-state index is 0.284. The van der Waals surface area contributed by atoms with Crippen LogP contribution in [0.3, 0.4) is 0 Å². The van der Waals surface area contributed by atoms with Crippen LogP contribution in [0.1, 0.15) is 16.2 Å². The summed E-state index contributed by atoms with van der Waals surface area (Å²) in [6.07, 6.45) is -3.27. The van der Waals surface area contributed by atoms with Gasteiger partial charge < -0.3 is 14.5 Å². The fourth-order valence-electron chi connectivity index (χ4n) is 3.08. The maximum Gasteiger partial charge on any atom is 0.452 e. The standard InChI is InChI=1S/C21H17F3N4O3/c1-30-10-9-28-16-8-7-15(11-14(16)12-25-28)26-19(29)17-18(21(22,23)24)31-20(27-17)13-5-3-2-4-6-13/h2-8,11-12H,9-10H2,1H3,(H,26,29). The highest BCUT2D eigenvalue weighted by molar-refractivity contribution is 6.04. The molecule has 0 spiro atoms. The SMILES string of the molecule is COCCn1ncc2cc(NC(=O)c3nc(-c4ccccc4)oc3C(F)(F)F)ccc21. The average Bonchev–Trinajstić information content (AvgIpc) is 3.37. The van der Waals surface area contributed by atoms with Crippen LogP contribution in [0.15, 0.2) is 59.1 Å². The lowest BCUT2D eigenvalue weighted by Gasteiger charge is -2.07. The molecule has 4 rings (SSSR count). The Kier molecular flexibility index (Phi) is 5.47. The van der Waals surface area contributed by atoms with Crippen LogP contribution in [0.5, 0.6) is 0 Å². The molecular formula is C21H17F3N4O3. The van der Waals surface area contributed by atoms with E-state index in [2.05, 4.69) is 15.4 Å². The zero-order chi connectivity index (χ0) is 22.0. The lowest BCUT2D eigenvalue weighted by Crippen LogP contribution is -2.18. The van der Waals surface area contributed by atoms with Crippen LogP contribution in [-0.4, -0.2) is 34.4 Å². The van der Waals surface area contributed by atoms with Crippen LogP contribution in [0.4, 0.5) is 18.9 Å². The zero-order valence-corrected chi connectivity index (χ0v) is 16.3. The number of alkyl halides is 3. The number of nitrogens with one attached hydrogen (secondary N) is 1. The average molecular weight is 430 g/mol. The molecule has 0 radical (unpaired) electrons. The number of benzene rings is 2. The quantitative estimate of drug-likeness (QED) is 0.483. The molecule has 7 nitrogen and oxygen atoms in total. The van der Waals surface area contributed by atoms with Crippen molar-refractivity contribution in [2.45, 2.75) is 12.7 Å². The van der Waals surface area contributed by atoms with Gasteiger partial charge in [-0.15, -0.1) is 0 Å². The molecule has 0 unspecified atom stereocenters. The predicted octanol–water partition coefficient (Wildman–Crippen LogP) is 4.61. The Hall–Kier alpha value is -3.66. The summed E-state index contributed by atoms with van der Waals surface area (Å²) in [5, 5.41) is 7.42. The Balaban J connectivity index is 1.63. The number of anilines is 1. The number of methoxy groups -OCH3 is 1. The molecule has 0 aliphatic heterocycles. The van der Waals surface area contributed by atoms with Crippen LogP contribution < -0.4 is 5.32 Å². The van der Waals surface area contributed by atoms with E-state index in [4.69, 9.17) is 9.15 Å². The number of amides is 1. The van der Waals surface area contributed by atoms with Crippen molar-refractivity contribution in [3.05, 3.63) is 66.2 Å². The molecule has 0 saturated carbocycles. The van der Waals surface area contributed by atoms with Gasteiger partial charge in [-0.05, 0) is 30.3 Å². The lowest BCUT2D eigenvalue weighted by atomic mass is 10.2. The largest absolute Gasteiger partial charge is 0.452 e. The number of carbonyl (C=O) groups is 1. The second kappa shape index (κ2) is 8.23. The van der Waals surface area contributed by atoms with Gasteiger partial charge in [0.15, 0.2) is 5.69 Å². The van der Waals surface area contributed by atoms with E-state index in [1.807, 2.05) is 0 Å². The molecule has 160 valence electrons. The van der Waals surface area contributed by atoms with Crippen molar-refractivity contribution in [1.29, 1.82) is 0 Å². The number of fused-ring (bicyclic) bond motifs is 1. The van der Waals surface area contributed by atoms with Gasteiger partial charge in [0.1, 0.15) is 0 Å². The summed E-state index contributed by atoms with van der Waals surface area (Å²) in [4.78, 5) is 16.5. The van der Waals surface area contributed by atoms with E-state index < -0.39 is 23.5 Å². The Bertz CT molecular complexity index is 1220. The predicted molar refractivity (Wildman–Crippen MR) is 107 cm³/mol. The van der Waals surface area contributed by atoms with Gasteiger partial charge in [0.25, 0.3) is 5.91 Å². The van der Waals surface area contributed by atoms with Crippen molar-refractivity contribution in [1.82, 2.24) is 14.8 Å². The first kappa shape index (κ1) is 20.6. The van der Waals surface area contributed by atoms with Gasteiger partial charge in [0, 0.05) is 23.7 Å². The van der Waals surface area contributed by atoms with Crippen molar-refractivity contribution in [2.75, 3.05) is 19.0 Å². The summed E-state index contributed by atoms with van der Waals surface area (Å²) in [7, 11) is 1.58. The highest BCUT2D eigenvalue weighted by Gasteiger charge is 2.42. The van der Waals surface area contributed by atoms with E-state index in [0.717, 1.165) is 10.9 Å². The summed E-state index contributed by atoms with van der Waals surface area (Å²) in [5.74, 6) is -2.75. The molecule has 4 aromatic rings. The van der Waals surface area contributed by atoms with Gasteiger partial charge in [0.05, 0.1) is 24.9 Å². The van der Waals surface area contributed by atoms with Crippen LogP contribution in [0, 0.1) is 0 Å². The van der Waals surface area contributed by atoms with Gasteiger partial charge in [0.2, 0.25) is 11.7 Å². The molecule has 0 saturated heterocycles. The highest BCUT2D eigenvalue weighted by Crippen LogP contribution is 2.35. The van der Waals surface area contributed by atoms with Crippen LogP contribution in [0.2, 0.25) is 0 Å². The van der Waals surface area contributed by atoms with Crippen molar-refractivity contribution in [3.63, 3.8) is 0 Å². The lowest BCUT2D eigenvalue weighted by molar-refractivity contribution is -0.153. The van der Waals surface area contributed by atoms with Crippen molar-refractivity contribution >= 4 is 22.5 Å². The van der Waals surface area contributed by atoms with E-state index in [9.17, 15) is 18.0 Å². The van der Waals surface area contributed by atoms with Gasteiger partial charge in [-0.25, -0.2) is 4.98 Å². The number of hydrogen-bond donors (Lipinski definition) is 1. The highest BCUT2D eigenvalue weighted by atomic mass is 19.4. The normalized spacial score (nSPS) is 11.7. The van der Waals surface area contributed by atoms with Crippen LogP contribution >= 0.6 is 0 Å². The first-order valence-corrected chi connectivity index (χ1v) is 9.26. The van der Waals surface area contributed by atoms with Crippen molar-refractivity contribution in [3.8, 4) is 11.5 Å². The Morgan fingerprint density at radius 1 is 1.19 bits per heavy atom. The fraction of sp³-hybridized carbons (Fsp3) is 0.190. The summed E-state index contributed by atoms with van der Waals surface area (Å²) in [5.41, 5.74) is 0.610. The van der Waals surface area contributed by atoms with E-state index in [1.165, 1.54) is 0 Å². The molecule has 0 fully saturated rings. The summed E-state index contributed by atoms with van der Waals surface area (Å²) < 4.78 is 52.0. The smallest absolute Gasteiger partial charge is 0.431 e. The number of hydrogen-bond acceptors (Lipinski definition) is 5. The molecule has 2 heterocycles. The fourth-order valence-corrected chi connectivity index (χ4v) is 3.08. The van der Waals surface area contributed by atoms with Gasteiger partial charge >= 0.3 is 6.18 Å². The third-order valence-electron chi connectivity index (χ3n) is 4.53. The van der Waals surface area contributed by atoms with Crippen LogP contribution in [0.25, 0.3) is 22.4 Å². The Morgan fingerprint density at radius 2 is 1.97 bits per heavy atom. The third kappa shape index (κ3) is 4.29. The van der Waals surface area contributed by atoms with Crippen molar-refractivity contribution in [2.24, 2.45) is 0 Å². The Labute approximate surface area is 174 Å².